The Balaban J connectivity index is 1.88. The summed E-state index contributed by atoms with van der Waals surface area (Å²) in [5.41, 5.74) is 1.31. The van der Waals surface area contributed by atoms with Gasteiger partial charge in [0, 0.05) is 12.1 Å². The summed E-state index contributed by atoms with van der Waals surface area (Å²) >= 11 is 0. The molecule has 0 heterocycles. The van der Waals surface area contributed by atoms with Crippen molar-refractivity contribution in [3.05, 3.63) is 88.0 Å². The number of hydrogen-bond donors (Lipinski definition) is 0. The summed E-state index contributed by atoms with van der Waals surface area (Å²) in [5.74, 6) is -0.555. The van der Waals surface area contributed by atoms with Gasteiger partial charge in [-0.25, -0.2) is 4.79 Å². The van der Waals surface area contributed by atoms with E-state index in [0.29, 0.717) is 5.56 Å². The second-order valence-electron chi connectivity index (χ2n) is 4.59. The van der Waals surface area contributed by atoms with E-state index in [1.165, 1.54) is 18.2 Å². The average molecular weight is 309 g/mol. The molecule has 0 aliphatic rings. The van der Waals surface area contributed by atoms with Crippen LogP contribution in [0.2, 0.25) is 0 Å². The fraction of sp³-hybridized carbons (Fsp3) is 0.0556. The van der Waals surface area contributed by atoms with Gasteiger partial charge in [-0.05, 0) is 23.8 Å². The smallest absolute Gasteiger partial charge is 0.331 e. The molecule has 0 radical (unpaired) electrons. The van der Waals surface area contributed by atoms with Crippen molar-refractivity contribution in [3.8, 4) is 0 Å². The van der Waals surface area contributed by atoms with Crippen LogP contribution in [0.4, 0.5) is 5.69 Å². The molecule has 0 fully saturated rings. The lowest BCUT2D eigenvalue weighted by Gasteiger charge is -1.98. The van der Waals surface area contributed by atoms with E-state index in [9.17, 15) is 14.9 Å². The van der Waals surface area contributed by atoms with Crippen molar-refractivity contribution in [2.75, 3.05) is 6.61 Å². The van der Waals surface area contributed by atoms with Crippen molar-refractivity contribution in [1.82, 2.24) is 0 Å². The van der Waals surface area contributed by atoms with Crippen LogP contribution in [0.3, 0.4) is 0 Å². The number of benzene rings is 2. The molecule has 2 rings (SSSR count). The van der Waals surface area contributed by atoms with Crippen molar-refractivity contribution >= 4 is 23.8 Å². The standard InChI is InChI=1S/C18H15NO4/c20-18(23-14-6-9-15-7-2-1-3-8-15)13-12-16-10-4-5-11-17(16)19(21)22/h1-13H,14H2/b9-6+,13-12+. The number of para-hydroxylation sites is 1. The van der Waals surface area contributed by atoms with Crippen LogP contribution in [-0.4, -0.2) is 17.5 Å². The molecular formula is C18H15NO4. The Morgan fingerprint density at radius 2 is 1.74 bits per heavy atom. The zero-order chi connectivity index (χ0) is 16.5. The lowest BCUT2D eigenvalue weighted by atomic mass is 10.1. The van der Waals surface area contributed by atoms with E-state index in [-0.39, 0.29) is 12.3 Å². The molecule has 0 bridgehead atoms. The van der Waals surface area contributed by atoms with Gasteiger partial charge in [0.2, 0.25) is 0 Å². The number of hydrogen-bond acceptors (Lipinski definition) is 4. The second kappa shape index (κ2) is 8.29. The van der Waals surface area contributed by atoms with Crippen molar-refractivity contribution in [2.45, 2.75) is 0 Å². The third-order valence-corrected chi connectivity index (χ3v) is 2.96. The van der Waals surface area contributed by atoms with Crippen LogP contribution in [0, 0.1) is 10.1 Å². The van der Waals surface area contributed by atoms with E-state index in [1.807, 2.05) is 36.4 Å². The molecule has 0 spiro atoms. The van der Waals surface area contributed by atoms with Crippen LogP contribution in [0.25, 0.3) is 12.2 Å². The molecule has 0 aliphatic carbocycles. The van der Waals surface area contributed by atoms with E-state index in [1.54, 1.807) is 24.3 Å². The number of ether oxygens (including phenoxy) is 1. The molecule has 2 aromatic rings. The van der Waals surface area contributed by atoms with E-state index in [2.05, 4.69) is 0 Å². The van der Waals surface area contributed by atoms with Crippen LogP contribution in [0.15, 0.2) is 66.7 Å². The number of carbonyl (C=O) groups is 1. The number of esters is 1. The summed E-state index contributed by atoms with van der Waals surface area (Å²) in [5, 5.41) is 10.9. The minimum absolute atomic E-state index is 0.0551. The maximum Gasteiger partial charge on any atom is 0.331 e. The van der Waals surface area contributed by atoms with Crippen molar-refractivity contribution in [1.29, 1.82) is 0 Å². The summed E-state index contributed by atoms with van der Waals surface area (Å²) in [6.07, 6.45) is 6.13. The van der Waals surface area contributed by atoms with Gasteiger partial charge in [0.05, 0.1) is 10.5 Å². The van der Waals surface area contributed by atoms with Gasteiger partial charge >= 0.3 is 5.97 Å². The number of nitro benzene ring substituents is 1. The second-order valence-corrected chi connectivity index (χ2v) is 4.59. The van der Waals surface area contributed by atoms with Crippen LogP contribution >= 0.6 is 0 Å². The Hall–Kier alpha value is -3.21. The number of carbonyl (C=O) groups excluding carboxylic acids is 1. The normalized spacial score (nSPS) is 11.0. The zero-order valence-corrected chi connectivity index (χ0v) is 12.3. The van der Waals surface area contributed by atoms with Gasteiger partial charge in [0.15, 0.2) is 0 Å². The highest BCUT2D eigenvalue weighted by molar-refractivity contribution is 5.88. The van der Waals surface area contributed by atoms with Crippen LogP contribution in [-0.2, 0) is 9.53 Å². The number of nitrogens with zero attached hydrogens (tertiary/aromatic N) is 1. The van der Waals surface area contributed by atoms with Gasteiger partial charge < -0.3 is 4.74 Å². The topological polar surface area (TPSA) is 69.4 Å². The monoisotopic (exact) mass is 309 g/mol. The third kappa shape index (κ3) is 5.24. The average Bonchev–Trinajstić information content (AvgIpc) is 2.58. The highest BCUT2D eigenvalue weighted by Gasteiger charge is 2.09. The molecule has 116 valence electrons. The van der Waals surface area contributed by atoms with E-state index < -0.39 is 10.9 Å². The largest absolute Gasteiger partial charge is 0.458 e. The molecule has 0 saturated heterocycles. The molecule has 0 unspecified atom stereocenters. The predicted octanol–water partition coefficient (Wildman–Crippen LogP) is 3.86. The molecule has 5 heteroatoms. The van der Waals surface area contributed by atoms with Gasteiger partial charge in [-0.3, -0.25) is 10.1 Å². The first-order valence-electron chi connectivity index (χ1n) is 6.96. The first-order valence-corrected chi connectivity index (χ1v) is 6.96. The lowest BCUT2D eigenvalue weighted by Crippen LogP contribution is -2.00. The molecule has 0 aliphatic heterocycles. The van der Waals surface area contributed by atoms with Crippen LogP contribution in [0.5, 0.6) is 0 Å². The molecule has 0 amide bonds. The predicted molar refractivity (Wildman–Crippen MR) is 88.6 cm³/mol. The highest BCUT2D eigenvalue weighted by Crippen LogP contribution is 2.18. The summed E-state index contributed by atoms with van der Waals surface area (Å²) in [6.45, 7) is 0.134. The first kappa shape index (κ1) is 16.2. The van der Waals surface area contributed by atoms with Gasteiger partial charge in [0.1, 0.15) is 6.61 Å². The quantitative estimate of drug-likeness (QED) is 0.351. The molecule has 0 aromatic heterocycles. The molecule has 2 aromatic carbocycles. The van der Waals surface area contributed by atoms with Gasteiger partial charge in [-0.15, -0.1) is 0 Å². The Labute approximate surface area is 133 Å². The molecule has 0 saturated carbocycles. The van der Waals surface area contributed by atoms with E-state index in [4.69, 9.17) is 4.74 Å². The Morgan fingerprint density at radius 3 is 2.48 bits per heavy atom. The maximum absolute atomic E-state index is 11.6. The van der Waals surface area contributed by atoms with Crippen LogP contribution in [0.1, 0.15) is 11.1 Å². The Morgan fingerprint density at radius 1 is 1.04 bits per heavy atom. The fourth-order valence-corrected chi connectivity index (χ4v) is 1.88. The third-order valence-electron chi connectivity index (χ3n) is 2.96. The minimum Gasteiger partial charge on any atom is -0.458 e. The van der Waals surface area contributed by atoms with Gasteiger partial charge in [0.25, 0.3) is 5.69 Å². The number of nitro groups is 1. The molecule has 23 heavy (non-hydrogen) atoms. The maximum atomic E-state index is 11.6. The van der Waals surface area contributed by atoms with Crippen LogP contribution < -0.4 is 0 Å². The Bertz CT molecular complexity index is 736. The lowest BCUT2D eigenvalue weighted by molar-refractivity contribution is -0.385. The zero-order valence-electron chi connectivity index (χ0n) is 12.3. The molecular weight excluding hydrogens is 294 g/mol. The summed E-state index contributed by atoms with van der Waals surface area (Å²) in [6, 6.07) is 15.8. The molecule has 5 nitrogen and oxygen atoms in total. The first-order chi connectivity index (χ1) is 11.2. The van der Waals surface area contributed by atoms with E-state index >= 15 is 0 Å². The van der Waals surface area contributed by atoms with Gasteiger partial charge in [-0.1, -0.05) is 48.5 Å². The van der Waals surface area contributed by atoms with E-state index in [0.717, 1.165) is 5.56 Å². The minimum atomic E-state index is -0.555. The van der Waals surface area contributed by atoms with Crippen molar-refractivity contribution in [3.63, 3.8) is 0 Å². The summed E-state index contributed by atoms with van der Waals surface area (Å²) < 4.78 is 5.00. The van der Waals surface area contributed by atoms with Gasteiger partial charge in [-0.2, -0.15) is 0 Å². The Kier molecular flexibility index (Phi) is 5.82. The highest BCUT2D eigenvalue weighted by atomic mass is 16.6. The van der Waals surface area contributed by atoms with Crippen molar-refractivity contribution < 1.29 is 14.5 Å². The molecule has 0 atom stereocenters. The molecule has 0 N–H and O–H groups in total. The SMILES string of the molecule is O=C(/C=C/c1ccccc1[N+](=O)[O-])OC/C=C/c1ccccc1. The fourth-order valence-electron chi connectivity index (χ4n) is 1.88. The summed E-state index contributed by atoms with van der Waals surface area (Å²) in [7, 11) is 0. The summed E-state index contributed by atoms with van der Waals surface area (Å²) in [4.78, 5) is 22.0. The van der Waals surface area contributed by atoms with Crippen molar-refractivity contribution in [2.24, 2.45) is 0 Å². The number of rotatable bonds is 6.